The summed E-state index contributed by atoms with van der Waals surface area (Å²) in [4.78, 5) is 36.9. The van der Waals surface area contributed by atoms with Crippen molar-refractivity contribution in [2.45, 2.75) is 199 Å². The average molecular weight is 814 g/mol. The van der Waals surface area contributed by atoms with Crippen LogP contribution in [0.1, 0.15) is 187 Å². The van der Waals surface area contributed by atoms with Crippen molar-refractivity contribution >= 4 is 17.9 Å². The molecule has 0 saturated heterocycles. The van der Waals surface area contributed by atoms with E-state index in [9.17, 15) is 19.5 Å². The Kier molecular flexibility index (Phi) is 38.7. The summed E-state index contributed by atoms with van der Waals surface area (Å²) < 4.78 is 17.2. The molecule has 0 fully saturated rings. The molecular formula is C50H87NO7. The topological polar surface area (TPSA) is 102 Å². The van der Waals surface area contributed by atoms with Crippen LogP contribution < -0.4 is 5.11 Å². The predicted octanol–water partition coefficient (Wildman–Crippen LogP) is 11.6. The van der Waals surface area contributed by atoms with Crippen molar-refractivity contribution in [1.29, 1.82) is 0 Å². The summed E-state index contributed by atoms with van der Waals surface area (Å²) in [7, 11) is 5.40. The number of carbonyl (C=O) groups is 3. The molecule has 0 rings (SSSR count). The molecule has 0 radical (unpaired) electrons. The van der Waals surface area contributed by atoms with E-state index in [1.807, 2.05) is 0 Å². The van der Waals surface area contributed by atoms with Gasteiger partial charge in [-0.2, -0.15) is 0 Å². The van der Waals surface area contributed by atoms with Crippen LogP contribution in [0.4, 0.5) is 0 Å². The Labute approximate surface area is 356 Å². The first-order valence-electron chi connectivity index (χ1n) is 23.3. The summed E-state index contributed by atoms with van der Waals surface area (Å²) in [6.07, 6.45) is 49.5. The van der Waals surface area contributed by atoms with Gasteiger partial charge in [-0.05, 0) is 83.5 Å². The highest BCUT2D eigenvalue weighted by Gasteiger charge is 2.25. The summed E-state index contributed by atoms with van der Waals surface area (Å²) in [5.74, 6) is -1.77. The lowest BCUT2D eigenvalue weighted by Gasteiger charge is -2.34. The number of likely N-dealkylation sites (N-methyl/N-ethyl adjacent to an activating group) is 1. The van der Waals surface area contributed by atoms with Gasteiger partial charge in [0.25, 0.3) is 0 Å². The van der Waals surface area contributed by atoms with E-state index >= 15 is 0 Å². The normalized spacial score (nSPS) is 13.5. The van der Waals surface area contributed by atoms with Gasteiger partial charge in [-0.3, -0.25) is 9.59 Å². The van der Waals surface area contributed by atoms with Gasteiger partial charge in [0.1, 0.15) is 12.6 Å². The van der Waals surface area contributed by atoms with Crippen LogP contribution in [-0.4, -0.2) is 75.5 Å². The fourth-order valence-electron chi connectivity index (χ4n) is 6.46. The van der Waals surface area contributed by atoms with Crippen LogP contribution >= 0.6 is 0 Å². The fourth-order valence-corrected chi connectivity index (χ4v) is 6.46. The first kappa shape index (κ1) is 55.0. The average Bonchev–Trinajstić information content (AvgIpc) is 3.18. The van der Waals surface area contributed by atoms with Gasteiger partial charge in [0.05, 0.1) is 40.3 Å². The molecule has 0 heterocycles. The third kappa shape index (κ3) is 38.5. The minimum atomic E-state index is -1.13. The molecule has 0 spiro atoms. The number of allylic oxidation sites excluding steroid dienone is 10. The van der Waals surface area contributed by atoms with Gasteiger partial charge in [0, 0.05) is 19.3 Å². The second-order valence-electron chi connectivity index (χ2n) is 16.6. The number of esters is 2. The Balaban J connectivity index is 4.37. The summed E-state index contributed by atoms with van der Waals surface area (Å²) in [6.45, 7) is 4.58. The quantitative estimate of drug-likeness (QED) is 0.0262. The van der Waals surface area contributed by atoms with Crippen LogP contribution in [0.15, 0.2) is 60.8 Å². The molecular weight excluding hydrogens is 727 g/mol. The van der Waals surface area contributed by atoms with Crippen molar-refractivity contribution in [3.8, 4) is 0 Å². The van der Waals surface area contributed by atoms with E-state index in [1.165, 1.54) is 64.2 Å². The molecule has 0 bridgehead atoms. The van der Waals surface area contributed by atoms with Gasteiger partial charge in [-0.1, -0.05) is 145 Å². The zero-order valence-corrected chi connectivity index (χ0v) is 37.9. The number of nitrogens with zero attached hydrogens (tertiary/aromatic N) is 1. The third-order valence-corrected chi connectivity index (χ3v) is 10.1. The highest BCUT2D eigenvalue weighted by Crippen LogP contribution is 2.13. The van der Waals surface area contributed by atoms with Gasteiger partial charge in [-0.15, -0.1) is 0 Å². The lowest BCUT2D eigenvalue weighted by molar-refractivity contribution is -0.889. The molecule has 0 aliphatic rings. The van der Waals surface area contributed by atoms with E-state index < -0.39 is 18.1 Å². The molecule has 0 aromatic heterocycles. The number of rotatable bonds is 41. The van der Waals surface area contributed by atoms with Gasteiger partial charge >= 0.3 is 11.9 Å². The molecule has 0 aromatic carbocycles. The molecule has 0 aliphatic carbocycles. The summed E-state index contributed by atoms with van der Waals surface area (Å²) >= 11 is 0. The van der Waals surface area contributed by atoms with Gasteiger partial charge in [0.15, 0.2) is 6.10 Å². The molecule has 0 aliphatic heterocycles. The highest BCUT2D eigenvalue weighted by molar-refractivity contribution is 5.70. The van der Waals surface area contributed by atoms with Crippen molar-refractivity contribution in [3.63, 3.8) is 0 Å². The zero-order valence-electron chi connectivity index (χ0n) is 37.9. The largest absolute Gasteiger partial charge is 0.544 e. The minimum absolute atomic E-state index is 0.0287. The smallest absolute Gasteiger partial charge is 0.306 e. The molecule has 0 aromatic rings. The zero-order chi connectivity index (χ0) is 42.8. The number of ether oxygens (including phenoxy) is 3. The SMILES string of the molecule is CCCCC/C=C\C/C=C\C/C=C\CCCCCCCCC(=O)OC(COCCC(C(=O)[O-])[N+](C)(C)C)COC(=O)CCCCCCC/C=C\C/C=C\CCCCC. The Morgan fingerprint density at radius 3 is 1.34 bits per heavy atom. The molecule has 334 valence electrons. The van der Waals surface area contributed by atoms with E-state index in [1.54, 1.807) is 21.1 Å². The Hall–Kier alpha value is -2.97. The first-order valence-corrected chi connectivity index (χ1v) is 23.3. The number of aliphatic carboxylic acids is 1. The van der Waals surface area contributed by atoms with Crippen LogP contribution in [0.5, 0.6) is 0 Å². The summed E-state index contributed by atoms with van der Waals surface area (Å²) in [5.41, 5.74) is 0. The van der Waals surface area contributed by atoms with Crippen molar-refractivity contribution in [2.24, 2.45) is 0 Å². The number of carboxylic acid groups (broad SMARTS) is 1. The highest BCUT2D eigenvalue weighted by atomic mass is 16.6. The Morgan fingerprint density at radius 1 is 0.517 bits per heavy atom. The number of hydrogen-bond donors (Lipinski definition) is 0. The number of unbranched alkanes of at least 4 members (excludes halogenated alkanes) is 17. The van der Waals surface area contributed by atoms with Crippen LogP contribution in [0.3, 0.4) is 0 Å². The molecule has 8 heteroatoms. The number of hydrogen-bond acceptors (Lipinski definition) is 7. The lowest BCUT2D eigenvalue weighted by atomic mass is 10.1. The molecule has 58 heavy (non-hydrogen) atoms. The van der Waals surface area contributed by atoms with Gasteiger partial charge in [-0.25, -0.2) is 0 Å². The monoisotopic (exact) mass is 814 g/mol. The fraction of sp³-hybridized carbons (Fsp3) is 0.740. The van der Waals surface area contributed by atoms with Crippen LogP contribution in [0.25, 0.3) is 0 Å². The van der Waals surface area contributed by atoms with E-state index in [4.69, 9.17) is 14.2 Å². The van der Waals surface area contributed by atoms with E-state index in [-0.39, 0.29) is 42.7 Å². The molecule has 0 N–H and O–H groups in total. The summed E-state index contributed by atoms with van der Waals surface area (Å²) in [5, 5.41) is 11.6. The molecule has 2 atom stereocenters. The van der Waals surface area contributed by atoms with Crippen LogP contribution in [-0.2, 0) is 28.6 Å². The molecule has 2 unspecified atom stereocenters. The van der Waals surface area contributed by atoms with Crippen molar-refractivity contribution in [2.75, 3.05) is 41.0 Å². The third-order valence-electron chi connectivity index (χ3n) is 10.1. The lowest BCUT2D eigenvalue weighted by Crippen LogP contribution is -2.55. The second kappa shape index (κ2) is 40.8. The number of quaternary nitrogens is 1. The molecule has 0 amide bonds. The first-order chi connectivity index (χ1) is 28.1. The number of carboxylic acids is 1. The summed E-state index contributed by atoms with van der Waals surface area (Å²) in [6, 6.07) is -0.732. The Bertz CT molecular complexity index is 1130. The standard InChI is InChI=1S/C50H87NO7/c1-6-8-10-12-14-16-18-20-22-23-24-25-27-29-31-33-35-37-39-41-49(53)58-46(44-56-43-42-47(50(54)55)51(3,4)5)45-57-48(52)40-38-36-34-32-30-28-26-21-19-17-15-13-11-9-7-2/h14-17,20-22,24-26,46-47H,6-13,18-19,23,27-45H2,1-5H3/b16-14-,17-15-,22-20-,25-24-,26-21-. The van der Waals surface area contributed by atoms with Crippen molar-refractivity contribution < 1.29 is 38.2 Å². The maximum absolute atomic E-state index is 12.7. The van der Waals surface area contributed by atoms with Crippen LogP contribution in [0.2, 0.25) is 0 Å². The van der Waals surface area contributed by atoms with Crippen molar-refractivity contribution in [3.05, 3.63) is 60.8 Å². The maximum atomic E-state index is 12.7. The Morgan fingerprint density at radius 2 is 0.914 bits per heavy atom. The second-order valence-corrected chi connectivity index (χ2v) is 16.6. The maximum Gasteiger partial charge on any atom is 0.306 e. The van der Waals surface area contributed by atoms with Crippen molar-refractivity contribution in [1.82, 2.24) is 0 Å². The van der Waals surface area contributed by atoms with Gasteiger partial charge < -0.3 is 28.6 Å². The molecule has 0 saturated carbocycles. The predicted molar refractivity (Wildman–Crippen MR) is 240 cm³/mol. The van der Waals surface area contributed by atoms with E-state index in [2.05, 4.69) is 74.6 Å². The van der Waals surface area contributed by atoms with E-state index in [0.717, 1.165) is 89.9 Å². The number of carbonyl (C=O) groups excluding carboxylic acids is 3. The van der Waals surface area contributed by atoms with Crippen LogP contribution in [0, 0.1) is 0 Å². The van der Waals surface area contributed by atoms with Gasteiger partial charge in [0.2, 0.25) is 0 Å². The molecule has 8 nitrogen and oxygen atoms in total. The van der Waals surface area contributed by atoms with E-state index in [0.29, 0.717) is 12.8 Å². The minimum Gasteiger partial charge on any atom is -0.544 e.